The zero-order chi connectivity index (χ0) is 24.0. The second-order valence-corrected chi connectivity index (χ2v) is 12.4. The van der Waals surface area contributed by atoms with Crippen molar-refractivity contribution in [2.75, 3.05) is 6.61 Å². The Labute approximate surface area is 188 Å². The number of fused-ring (bicyclic) bond motifs is 1. The molecule has 2 aliphatic rings. The molecule has 1 aliphatic heterocycles. The fourth-order valence-corrected chi connectivity index (χ4v) is 5.49. The Morgan fingerprint density at radius 1 is 1.28 bits per heavy atom. The number of amides is 2. The molecule has 2 amide bonds. The van der Waals surface area contributed by atoms with Crippen molar-refractivity contribution in [2.24, 2.45) is 23.2 Å². The number of ketones is 1. The van der Waals surface area contributed by atoms with Crippen LogP contribution in [0.4, 0.5) is 4.39 Å². The number of imide groups is 1. The molecule has 3 rings (SSSR count). The molecule has 4 atom stereocenters. The number of rotatable bonds is 5. The molecule has 1 N–H and O–H groups in total. The summed E-state index contributed by atoms with van der Waals surface area (Å²) in [5.41, 5.74) is 0.177. The minimum absolute atomic E-state index is 0.236. The first-order valence-electron chi connectivity index (χ1n) is 10.9. The van der Waals surface area contributed by atoms with Crippen molar-refractivity contribution >= 4 is 32.6 Å². The Balaban J connectivity index is 2.02. The van der Waals surface area contributed by atoms with E-state index in [-0.39, 0.29) is 35.5 Å². The standard InChI is InChI=1S/C23H30FNO6Si/c1-23(2,3)15(11-31-32(4)5)17-18(25(20(17)27)21(28)22(29)30)14-10-9-12-13(19(14)26)7-6-8-16(12)24/h6-8,14-15,17-18,32H,9-11H2,1-5H3,(H,29,30)/t14-,15-,17+,18-/m1/s1. The number of hydrogen-bond donors (Lipinski definition) is 1. The van der Waals surface area contributed by atoms with E-state index in [4.69, 9.17) is 4.43 Å². The number of carbonyl (C=O) groups excluding carboxylic acids is 3. The van der Waals surface area contributed by atoms with E-state index in [0.717, 1.165) is 4.90 Å². The molecule has 0 bridgehead atoms. The summed E-state index contributed by atoms with van der Waals surface area (Å²) in [5, 5.41) is 9.28. The number of halogens is 1. The molecular formula is C23H30FNO6Si. The van der Waals surface area contributed by atoms with E-state index >= 15 is 0 Å². The van der Waals surface area contributed by atoms with Crippen molar-refractivity contribution in [1.29, 1.82) is 0 Å². The third kappa shape index (κ3) is 4.28. The third-order valence-electron chi connectivity index (χ3n) is 6.58. The summed E-state index contributed by atoms with van der Waals surface area (Å²) in [5.74, 6) is -6.30. The van der Waals surface area contributed by atoms with Gasteiger partial charge in [0.25, 0.3) is 0 Å². The zero-order valence-corrected chi connectivity index (χ0v) is 20.2. The van der Waals surface area contributed by atoms with Crippen LogP contribution in [-0.4, -0.2) is 55.3 Å². The maximum atomic E-state index is 14.2. The van der Waals surface area contributed by atoms with Gasteiger partial charge in [0.15, 0.2) is 14.8 Å². The third-order valence-corrected chi connectivity index (χ3v) is 7.44. The summed E-state index contributed by atoms with van der Waals surface area (Å²) < 4.78 is 20.2. The average Bonchev–Trinajstić information content (AvgIpc) is 2.69. The molecule has 32 heavy (non-hydrogen) atoms. The first-order chi connectivity index (χ1) is 14.9. The quantitative estimate of drug-likeness (QED) is 0.409. The topological polar surface area (TPSA) is 101 Å². The normalized spacial score (nSPS) is 24.2. The van der Waals surface area contributed by atoms with Gasteiger partial charge in [-0.1, -0.05) is 32.9 Å². The van der Waals surface area contributed by atoms with E-state index < -0.39 is 50.5 Å². The number of carboxylic acids is 1. The summed E-state index contributed by atoms with van der Waals surface area (Å²) in [6, 6.07) is 3.40. The van der Waals surface area contributed by atoms with Crippen LogP contribution in [0.3, 0.4) is 0 Å². The lowest BCUT2D eigenvalue weighted by molar-refractivity contribution is -0.182. The van der Waals surface area contributed by atoms with Gasteiger partial charge in [-0.15, -0.1) is 0 Å². The van der Waals surface area contributed by atoms with E-state index in [9.17, 15) is 28.7 Å². The highest BCUT2D eigenvalue weighted by Gasteiger charge is 2.61. The predicted octanol–water partition coefficient (Wildman–Crippen LogP) is 2.67. The number of nitrogens with zero attached hydrogens (tertiary/aromatic N) is 1. The van der Waals surface area contributed by atoms with Crippen LogP contribution < -0.4 is 0 Å². The molecule has 0 aromatic heterocycles. The van der Waals surface area contributed by atoms with Gasteiger partial charge in [-0.25, -0.2) is 9.18 Å². The second kappa shape index (κ2) is 8.86. The van der Waals surface area contributed by atoms with Crippen molar-refractivity contribution in [3.05, 3.63) is 35.1 Å². The van der Waals surface area contributed by atoms with Crippen molar-refractivity contribution < 1.29 is 33.1 Å². The van der Waals surface area contributed by atoms with Crippen LogP contribution >= 0.6 is 0 Å². The van der Waals surface area contributed by atoms with Crippen molar-refractivity contribution in [2.45, 2.75) is 52.7 Å². The highest BCUT2D eigenvalue weighted by atomic mass is 28.3. The van der Waals surface area contributed by atoms with Crippen LogP contribution in [0, 0.1) is 29.0 Å². The molecule has 1 heterocycles. The molecule has 0 unspecified atom stereocenters. The van der Waals surface area contributed by atoms with Crippen molar-refractivity contribution in [3.8, 4) is 0 Å². The summed E-state index contributed by atoms with van der Waals surface area (Å²) in [7, 11) is -1.41. The Hall–Kier alpha value is -2.39. The highest BCUT2D eigenvalue weighted by Crippen LogP contribution is 2.47. The number of benzene rings is 1. The van der Waals surface area contributed by atoms with E-state index in [1.54, 1.807) is 6.07 Å². The van der Waals surface area contributed by atoms with Gasteiger partial charge in [0.1, 0.15) is 5.82 Å². The van der Waals surface area contributed by atoms with E-state index in [2.05, 4.69) is 0 Å². The van der Waals surface area contributed by atoms with Gasteiger partial charge in [-0.2, -0.15) is 0 Å². The minimum atomic E-state index is -1.74. The SMILES string of the molecule is C[SiH](C)OC[C@H]([C@@H]1C(=O)N(C(=O)C(=O)O)[C@@H]1[C@H]1CCc2c(F)cccc2C1=O)C(C)(C)C. The fourth-order valence-electron chi connectivity index (χ4n) is 4.90. The molecule has 1 aromatic rings. The van der Waals surface area contributed by atoms with E-state index in [1.165, 1.54) is 12.1 Å². The fraction of sp³-hybridized carbons (Fsp3) is 0.565. The van der Waals surface area contributed by atoms with Crippen LogP contribution in [0.25, 0.3) is 0 Å². The first-order valence-corrected chi connectivity index (χ1v) is 13.7. The van der Waals surface area contributed by atoms with Gasteiger partial charge in [0.2, 0.25) is 5.91 Å². The van der Waals surface area contributed by atoms with Gasteiger partial charge >= 0.3 is 11.9 Å². The molecule has 0 spiro atoms. The van der Waals surface area contributed by atoms with E-state index in [1.807, 2.05) is 33.9 Å². The number of carboxylic acid groups (broad SMARTS) is 1. The predicted molar refractivity (Wildman–Crippen MR) is 117 cm³/mol. The van der Waals surface area contributed by atoms with Crippen molar-refractivity contribution in [1.82, 2.24) is 4.90 Å². The molecule has 1 aliphatic carbocycles. The maximum Gasteiger partial charge on any atom is 0.395 e. The number of Topliss-reactive ketones (excluding diaryl/α,β-unsaturated/α-hetero) is 1. The van der Waals surface area contributed by atoms with E-state index in [0.29, 0.717) is 12.2 Å². The summed E-state index contributed by atoms with van der Waals surface area (Å²) in [6.45, 7) is 10.2. The Morgan fingerprint density at radius 3 is 2.50 bits per heavy atom. The molecule has 1 aromatic carbocycles. The summed E-state index contributed by atoms with van der Waals surface area (Å²) in [6.07, 6.45) is 0.516. The average molecular weight is 464 g/mol. The summed E-state index contributed by atoms with van der Waals surface area (Å²) >= 11 is 0. The lowest BCUT2D eigenvalue weighted by atomic mass is 9.61. The second-order valence-electron chi connectivity index (χ2n) is 9.96. The largest absolute Gasteiger partial charge is 0.474 e. The highest BCUT2D eigenvalue weighted by molar-refractivity contribution is 6.48. The molecule has 0 saturated carbocycles. The minimum Gasteiger partial charge on any atom is -0.474 e. The molecule has 7 nitrogen and oxygen atoms in total. The lowest BCUT2D eigenvalue weighted by Crippen LogP contribution is -2.71. The molecular weight excluding hydrogens is 433 g/mol. The first kappa shape index (κ1) is 24.3. The number of likely N-dealkylation sites (tertiary alicyclic amines) is 1. The van der Waals surface area contributed by atoms with Crippen LogP contribution in [0.5, 0.6) is 0 Å². The molecule has 1 saturated heterocycles. The van der Waals surface area contributed by atoms with Crippen LogP contribution in [0.15, 0.2) is 18.2 Å². The Bertz CT molecular complexity index is 956. The maximum absolute atomic E-state index is 14.2. The Morgan fingerprint density at radius 2 is 1.94 bits per heavy atom. The summed E-state index contributed by atoms with van der Waals surface area (Å²) in [4.78, 5) is 51.0. The smallest absolute Gasteiger partial charge is 0.395 e. The lowest BCUT2D eigenvalue weighted by Gasteiger charge is -2.54. The number of hydrogen-bond acceptors (Lipinski definition) is 5. The van der Waals surface area contributed by atoms with Gasteiger partial charge < -0.3 is 9.53 Å². The number of aliphatic carboxylic acids is 1. The molecule has 1 fully saturated rings. The molecule has 9 heteroatoms. The van der Waals surface area contributed by atoms with Gasteiger partial charge in [-0.3, -0.25) is 19.3 Å². The van der Waals surface area contributed by atoms with Crippen LogP contribution in [0.1, 0.15) is 43.1 Å². The molecule has 174 valence electrons. The Kier molecular flexibility index (Phi) is 6.71. The van der Waals surface area contributed by atoms with Crippen LogP contribution in [0.2, 0.25) is 13.1 Å². The van der Waals surface area contributed by atoms with Gasteiger partial charge in [0.05, 0.1) is 12.0 Å². The molecule has 0 radical (unpaired) electrons. The monoisotopic (exact) mass is 463 g/mol. The van der Waals surface area contributed by atoms with Gasteiger partial charge in [-0.05, 0) is 48.9 Å². The van der Waals surface area contributed by atoms with Gasteiger partial charge in [0, 0.05) is 18.1 Å². The number of carbonyl (C=O) groups is 4. The number of β-lactam (4-membered cyclic amide) rings is 1. The van der Waals surface area contributed by atoms with Crippen LogP contribution in [-0.2, 0) is 25.2 Å². The van der Waals surface area contributed by atoms with Crippen molar-refractivity contribution in [3.63, 3.8) is 0 Å². The zero-order valence-electron chi connectivity index (χ0n) is 19.1.